The average molecular weight is 670 g/mol. The highest BCUT2D eigenvalue weighted by Crippen LogP contribution is 2.54. The Hall–Kier alpha value is -5.96. The average Bonchev–Trinajstić information content (AvgIpc) is 3.68. The van der Waals surface area contributed by atoms with Crippen LogP contribution in [0.25, 0.3) is 64.3 Å². The molecule has 0 fully saturated rings. The minimum absolute atomic E-state index is 0.0778. The lowest BCUT2D eigenvalue weighted by Gasteiger charge is -2.29. The van der Waals surface area contributed by atoms with Crippen LogP contribution in [0.1, 0.15) is 25.0 Å². The van der Waals surface area contributed by atoms with Crippen molar-refractivity contribution in [3.8, 4) is 33.4 Å². The van der Waals surface area contributed by atoms with Gasteiger partial charge >= 0.3 is 0 Å². The summed E-state index contributed by atoms with van der Waals surface area (Å²) in [6.07, 6.45) is 0. The molecule has 0 aliphatic heterocycles. The third-order valence-electron chi connectivity index (χ3n) is 10.9. The van der Waals surface area contributed by atoms with Crippen LogP contribution in [0, 0.1) is 0 Å². The summed E-state index contributed by atoms with van der Waals surface area (Å²) in [7, 11) is 0. The molecule has 2 heteroatoms. The van der Waals surface area contributed by atoms with E-state index in [9.17, 15) is 0 Å². The van der Waals surface area contributed by atoms with Crippen molar-refractivity contribution in [3.63, 3.8) is 0 Å². The van der Waals surface area contributed by atoms with E-state index in [0.29, 0.717) is 0 Å². The predicted octanol–water partition coefficient (Wildman–Crippen LogP) is 14.3. The van der Waals surface area contributed by atoms with E-state index in [1.807, 2.05) is 11.3 Å². The molecule has 51 heavy (non-hydrogen) atoms. The maximum Gasteiger partial charge on any atom is 0.0543 e. The van der Waals surface area contributed by atoms with Crippen LogP contribution in [0.3, 0.4) is 0 Å². The first-order chi connectivity index (χ1) is 25.0. The highest BCUT2D eigenvalue weighted by Gasteiger charge is 2.37. The number of hydrogen-bond acceptors (Lipinski definition) is 2. The molecule has 0 bridgehead atoms. The van der Waals surface area contributed by atoms with Gasteiger partial charge < -0.3 is 4.90 Å². The summed E-state index contributed by atoms with van der Waals surface area (Å²) in [5.74, 6) is 0. The van der Waals surface area contributed by atoms with Gasteiger partial charge in [0, 0.05) is 42.5 Å². The van der Waals surface area contributed by atoms with Crippen LogP contribution >= 0.6 is 11.3 Å². The zero-order valence-corrected chi connectivity index (χ0v) is 29.4. The van der Waals surface area contributed by atoms with Crippen LogP contribution in [-0.4, -0.2) is 0 Å². The highest BCUT2D eigenvalue weighted by molar-refractivity contribution is 7.26. The summed E-state index contributed by atoms with van der Waals surface area (Å²) >= 11 is 1.88. The first kappa shape index (κ1) is 29.9. The summed E-state index contributed by atoms with van der Waals surface area (Å²) in [5, 5.41) is 5.30. The van der Waals surface area contributed by atoms with E-state index < -0.39 is 0 Å². The first-order valence-electron chi connectivity index (χ1n) is 17.7. The maximum absolute atomic E-state index is 2.44. The molecule has 8 aromatic carbocycles. The minimum Gasteiger partial charge on any atom is -0.310 e. The lowest BCUT2D eigenvalue weighted by Crippen LogP contribution is -2.16. The van der Waals surface area contributed by atoms with Crippen LogP contribution in [0.2, 0.25) is 0 Å². The van der Waals surface area contributed by atoms with Crippen molar-refractivity contribution in [3.05, 3.63) is 187 Å². The summed E-state index contributed by atoms with van der Waals surface area (Å²) in [6.45, 7) is 4.70. The molecule has 10 rings (SSSR count). The number of fused-ring (bicyclic) bond motifs is 8. The van der Waals surface area contributed by atoms with Crippen molar-refractivity contribution in [1.82, 2.24) is 0 Å². The minimum atomic E-state index is -0.0778. The van der Waals surface area contributed by atoms with Gasteiger partial charge in [-0.2, -0.15) is 0 Å². The number of rotatable bonds is 5. The number of anilines is 3. The molecule has 0 spiro atoms. The Kier molecular flexibility index (Phi) is 6.78. The topological polar surface area (TPSA) is 3.24 Å². The molecule has 0 saturated carbocycles. The Labute approximate surface area is 302 Å². The standard InChI is InChI=1S/C49H35NS/c1-49(2)42-15-8-6-13-40(42)48-43(49)16-10-17-44(48)50(37-25-19-33(20-26-37)32-11-4-3-5-12-32)38-27-21-34(22-28-38)35-23-29-39-36(31-35)24-30-46-47(39)41-14-7-9-18-45(41)51-46/h3-31H,1-2H3. The molecule has 0 atom stereocenters. The molecule has 9 aromatic rings. The van der Waals surface area contributed by atoms with Gasteiger partial charge in [0.05, 0.1) is 5.69 Å². The molecular weight excluding hydrogens is 635 g/mol. The van der Waals surface area contributed by atoms with Gasteiger partial charge in [0.2, 0.25) is 0 Å². The number of benzene rings is 8. The molecule has 1 heterocycles. The van der Waals surface area contributed by atoms with Crippen LogP contribution in [0.15, 0.2) is 176 Å². The van der Waals surface area contributed by atoms with Gasteiger partial charge in [-0.1, -0.05) is 141 Å². The maximum atomic E-state index is 2.44. The van der Waals surface area contributed by atoms with E-state index in [4.69, 9.17) is 0 Å². The Balaban J connectivity index is 1.09. The Morgan fingerprint density at radius 1 is 0.451 bits per heavy atom. The SMILES string of the molecule is CC1(C)c2ccccc2-c2c(N(c3ccc(-c4ccccc4)cc3)c3ccc(-c4ccc5c(ccc6sc7ccccc7c65)c4)cc3)cccc21. The first-order valence-corrected chi connectivity index (χ1v) is 18.5. The molecule has 0 radical (unpaired) electrons. The molecule has 1 aromatic heterocycles. The monoisotopic (exact) mass is 669 g/mol. The van der Waals surface area contributed by atoms with Crippen molar-refractivity contribution in [2.24, 2.45) is 0 Å². The van der Waals surface area contributed by atoms with E-state index in [-0.39, 0.29) is 5.41 Å². The van der Waals surface area contributed by atoms with Crippen molar-refractivity contribution in [2.45, 2.75) is 19.3 Å². The molecule has 1 aliphatic rings. The molecule has 0 amide bonds. The van der Waals surface area contributed by atoms with Crippen molar-refractivity contribution < 1.29 is 0 Å². The summed E-state index contributed by atoms with van der Waals surface area (Å²) < 4.78 is 2.69. The third-order valence-corrected chi connectivity index (χ3v) is 12.0. The van der Waals surface area contributed by atoms with Crippen molar-refractivity contribution >= 4 is 59.3 Å². The summed E-state index contributed by atoms with van der Waals surface area (Å²) in [4.78, 5) is 2.44. The quantitative estimate of drug-likeness (QED) is 0.176. The van der Waals surface area contributed by atoms with Gasteiger partial charge in [-0.15, -0.1) is 11.3 Å². The zero-order chi connectivity index (χ0) is 34.1. The highest BCUT2D eigenvalue weighted by atomic mass is 32.1. The van der Waals surface area contributed by atoms with Gasteiger partial charge in [0.1, 0.15) is 0 Å². The lowest BCUT2D eigenvalue weighted by molar-refractivity contribution is 0.660. The molecule has 1 nitrogen and oxygen atoms in total. The van der Waals surface area contributed by atoms with E-state index in [2.05, 4.69) is 195 Å². The fourth-order valence-corrected chi connectivity index (χ4v) is 9.44. The van der Waals surface area contributed by atoms with Crippen LogP contribution < -0.4 is 4.90 Å². The Morgan fingerprint density at radius 3 is 1.86 bits per heavy atom. The fraction of sp³-hybridized carbons (Fsp3) is 0.0612. The molecule has 1 aliphatic carbocycles. The number of hydrogen-bond donors (Lipinski definition) is 0. The summed E-state index contributed by atoms with van der Waals surface area (Å²) in [6, 6.07) is 64.8. The van der Waals surface area contributed by atoms with Crippen LogP contribution in [0.4, 0.5) is 17.1 Å². The van der Waals surface area contributed by atoms with Gasteiger partial charge in [-0.25, -0.2) is 0 Å². The van der Waals surface area contributed by atoms with E-state index in [1.165, 1.54) is 81.1 Å². The Bertz CT molecular complexity index is 2750. The van der Waals surface area contributed by atoms with Crippen LogP contribution in [-0.2, 0) is 5.41 Å². The fourth-order valence-electron chi connectivity index (χ4n) is 8.32. The Morgan fingerprint density at radius 2 is 1.08 bits per heavy atom. The molecule has 0 N–H and O–H groups in total. The van der Waals surface area contributed by atoms with Crippen LogP contribution in [0.5, 0.6) is 0 Å². The predicted molar refractivity (Wildman–Crippen MR) is 220 cm³/mol. The lowest BCUT2D eigenvalue weighted by atomic mass is 9.82. The van der Waals surface area contributed by atoms with Crippen molar-refractivity contribution in [2.75, 3.05) is 4.90 Å². The van der Waals surface area contributed by atoms with E-state index in [1.54, 1.807) is 0 Å². The van der Waals surface area contributed by atoms with Gasteiger partial charge in [-0.05, 0) is 98.2 Å². The summed E-state index contributed by atoms with van der Waals surface area (Å²) in [5.41, 5.74) is 13.6. The zero-order valence-electron chi connectivity index (χ0n) is 28.6. The molecule has 242 valence electrons. The van der Waals surface area contributed by atoms with Gasteiger partial charge in [0.25, 0.3) is 0 Å². The molecular formula is C49H35NS. The smallest absolute Gasteiger partial charge is 0.0543 e. The van der Waals surface area contributed by atoms with Crippen molar-refractivity contribution in [1.29, 1.82) is 0 Å². The molecule has 0 unspecified atom stereocenters. The number of nitrogens with zero attached hydrogens (tertiary/aromatic N) is 1. The van der Waals surface area contributed by atoms with E-state index >= 15 is 0 Å². The number of thiophene rings is 1. The molecule has 0 saturated heterocycles. The van der Waals surface area contributed by atoms with Gasteiger partial charge in [-0.3, -0.25) is 0 Å². The second-order valence-corrected chi connectivity index (χ2v) is 15.2. The van der Waals surface area contributed by atoms with E-state index in [0.717, 1.165) is 11.4 Å². The normalized spacial score (nSPS) is 13.1. The van der Waals surface area contributed by atoms with Gasteiger partial charge in [0.15, 0.2) is 0 Å². The second kappa shape index (κ2) is 11.6. The second-order valence-electron chi connectivity index (χ2n) is 14.1. The third kappa shape index (κ3) is 4.75. The largest absolute Gasteiger partial charge is 0.310 e.